The summed E-state index contributed by atoms with van der Waals surface area (Å²) in [5.74, 6) is 1.62. The van der Waals surface area contributed by atoms with Gasteiger partial charge in [-0.05, 0) is 29.8 Å². The molecule has 0 radical (unpaired) electrons. The van der Waals surface area contributed by atoms with Crippen LogP contribution in [-0.4, -0.2) is 19.6 Å². The Morgan fingerprint density at radius 1 is 1.17 bits per heavy atom. The van der Waals surface area contributed by atoms with Gasteiger partial charge in [0.15, 0.2) is 5.96 Å². The van der Waals surface area contributed by atoms with Gasteiger partial charge in [0, 0.05) is 24.0 Å². The van der Waals surface area contributed by atoms with Gasteiger partial charge in [0.1, 0.15) is 5.76 Å². The summed E-state index contributed by atoms with van der Waals surface area (Å²) in [6.07, 6.45) is 1.66. The van der Waals surface area contributed by atoms with Crippen molar-refractivity contribution >= 4 is 41.5 Å². The van der Waals surface area contributed by atoms with E-state index in [1.54, 1.807) is 13.3 Å². The predicted molar refractivity (Wildman–Crippen MR) is 107 cm³/mol. The predicted octanol–water partition coefficient (Wildman–Crippen LogP) is 4.19. The molecule has 2 rings (SSSR count). The first-order valence-corrected chi connectivity index (χ1v) is 7.62. The quantitative estimate of drug-likeness (QED) is 0.410. The number of aliphatic imine (C=N–C) groups is 1. The molecule has 0 aliphatic carbocycles. The van der Waals surface area contributed by atoms with Crippen LogP contribution in [0.3, 0.4) is 0 Å². The van der Waals surface area contributed by atoms with Crippen LogP contribution in [0, 0.1) is 0 Å². The third-order valence-electron chi connectivity index (χ3n) is 3.56. The van der Waals surface area contributed by atoms with E-state index in [0.29, 0.717) is 6.54 Å². The minimum Gasteiger partial charge on any atom is -0.467 e. The van der Waals surface area contributed by atoms with Crippen LogP contribution < -0.4 is 10.6 Å². The zero-order valence-corrected chi connectivity index (χ0v) is 16.7. The summed E-state index contributed by atoms with van der Waals surface area (Å²) in [5.41, 5.74) is 1.19. The maximum absolute atomic E-state index is 5.95. The summed E-state index contributed by atoms with van der Waals surface area (Å²) >= 11 is 5.95. The van der Waals surface area contributed by atoms with Crippen LogP contribution in [0.5, 0.6) is 0 Å². The molecule has 0 bridgehead atoms. The van der Waals surface area contributed by atoms with Gasteiger partial charge in [-0.3, -0.25) is 4.99 Å². The molecule has 126 valence electrons. The van der Waals surface area contributed by atoms with Gasteiger partial charge >= 0.3 is 0 Å². The summed E-state index contributed by atoms with van der Waals surface area (Å²) in [6.45, 7) is 5.73. The van der Waals surface area contributed by atoms with Crippen molar-refractivity contribution in [2.45, 2.75) is 25.8 Å². The molecule has 0 spiro atoms. The van der Waals surface area contributed by atoms with Gasteiger partial charge in [-0.1, -0.05) is 37.6 Å². The van der Waals surface area contributed by atoms with Crippen molar-refractivity contribution in [3.8, 4) is 0 Å². The summed E-state index contributed by atoms with van der Waals surface area (Å²) in [4.78, 5) is 4.23. The number of furan rings is 1. The van der Waals surface area contributed by atoms with Crippen molar-refractivity contribution in [3.05, 3.63) is 59.0 Å². The lowest BCUT2D eigenvalue weighted by Gasteiger charge is -2.26. The van der Waals surface area contributed by atoms with Crippen LogP contribution in [0.2, 0.25) is 5.02 Å². The molecule has 2 N–H and O–H groups in total. The Morgan fingerprint density at radius 3 is 2.43 bits per heavy atom. The van der Waals surface area contributed by atoms with Crippen molar-refractivity contribution in [1.82, 2.24) is 10.6 Å². The lowest BCUT2D eigenvalue weighted by atomic mass is 9.85. The van der Waals surface area contributed by atoms with E-state index >= 15 is 0 Å². The highest BCUT2D eigenvalue weighted by Crippen LogP contribution is 2.23. The van der Waals surface area contributed by atoms with Gasteiger partial charge in [0.25, 0.3) is 0 Å². The van der Waals surface area contributed by atoms with Crippen LogP contribution in [0.15, 0.2) is 52.1 Å². The van der Waals surface area contributed by atoms with E-state index in [-0.39, 0.29) is 29.4 Å². The van der Waals surface area contributed by atoms with Crippen LogP contribution in [0.4, 0.5) is 0 Å². The molecule has 0 fully saturated rings. The van der Waals surface area contributed by atoms with Crippen LogP contribution in [0.25, 0.3) is 0 Å². The average Bonchev–Trinajstić information content (AvgIpc) is 3.01. The van der Waals surface area contributed by atoms with Gasteiger partial charge < -0.3 is 15.1 Å². The number of hydrogen-bond acceptors (Lipinski definition) is 2. The minimum absolute atomic E-state index is 0. The first-order chi connectivity index (χ1) is 10.5. The molecule has 0 atom stereocenters. The fraction of sp³-hybridized carbons (Fsp3) is 0.353. The molecule has 1 aromatic heterocycles. The highest BCUT2D eigenvalue weighted by Gasteiger charge is 2.20. The summed E-state index contributed by atoms with van der Waals surface area (Å²) in [5, 5.41) is 7.33. The maximum Gasteiger partial charge on any atom is 0.191 e. The highest BCUT2D eigenvalue weighted by atomic mass is 127. The standard InChI is InChI=1S/C17H22ClN3O.HI/c1-17(2,13-6-8-14(18)9-7-13)12-21-16(19-3)20-11-15-5-4-10-22-15;/h4-10H,11-12H2,1-3H3,(H2,19,20,21);1H. The molecular weight excluding hydrogens is 425 g/mol. The monoisotopic (exact) mass is 447 g/mol. The Labute approximate surface area is 159 Å². The Bertz CT molecular complexity index is 609. The number of benzene rings is 1. The van der Waals surface area contributed by atoms with E-state index < -0.39 is 0 Å². The minimum atomic E-state index is -0.0348. The number of hydrogen-bond donors (Lipinski definition) is 2. The number of nitrogens with zero attached hydrogens (tertiary/aromatic N) is 1. The van der Waals surface area contributed by atoms with Crippen molar-refractivity contribution in [1.29, 1.82) is 0 Å². The lowest BCUT2D eigenvalue weighted by molar-refractivity contribution is 0.492. The Hall–Kier alpha value is -1.21. The van der Waals surface area contributed by atoms with Crippen LogP contribution in [0.1, 0.15) is 25.2 Å². The largest absolute Gasteiger partial charge is 0.467 e. The topological polar surface area (TPSA) is 49.6 Å². The van der Waals surface area contributed by atoms with Crippen molar-refractivity contribution in [3.63, 3.8) is 0 Å². The molecule has 0 saturated carbocycles. The zero-order valence-electron chi connectivity index (χ0n) is 13.6. The van der Waals surface area contributed by atoms with Gasteiger partial charge in [0.05, 0.1) is 12.8 Å². The normalized spacial score (nSPS) is 11.7. The van der Waals surface area contributed by atoms with Crippen molar-refractivity contribution < 1.29 is 4.42 Å². The molecule has 0 saturated heterocycles. The third kappa shape index (κ3) is 6.06. The molecule has 4 nitrogen and oxygen atoms in total. The number of rotatable bonds is 5. The molecule has 0 unspecified atom stereocenters. The summed E-state index contributed by atoms with van der Waals surface area (Å²) in [7, 11) is 1.76. The summed E-state index contributed by atoms with van der Waals surface area (Å²) < 4.78 is 5.30. The Morgan fingerprint density at radius 2 is 1.87 bits per heavy atom. The van der Waals surface area contributed by atoms with Gasteiger partial charge in [-0.25, -0.2) is 0 Å². The molecule has 0 aliphatic heterocycles. The Balaban J connectivity index is 0.00000264. The number of nitrogens with one attached hydrogen (secondary N) is 2. The highest BCUT2D eigenvalue weighted by molar-refractivity contribution is 14.0. The Kier molecular flexibility index (Phi) is 7.91. The van der Waals surface area contributed by atoms with E-state index in [2.05, 4.69) is 41.6 Å². The smallest absolute Gasteiger partial charge is 0.191 e. The van der Waals surface area contributed by atoms with E-state index in [1.165, 1.54) is 5.56 Å². The van der Waals surface area contributed by atoms with E-state index in [1.807, 2.05) is 24.3 Å². The number of halogens is 2. The molecule has 0 amide bonds. The lowest BCUT2D eigenvalue weighted by Crippen LogP contribution is -2.43. The molecule has 23 heavy (non-hydrogen) atoms. The first kappa shape index (κ1) is 19.8. The van der Waals surface area contributed by atoms with Crippen LogP contribution in [-0.2, 0) is 12.0 Å². The van der Waals surface area contributed by atoms with E-state index in [0.717, 1.165) is 23.3 Å². The number of guanidine groups is 1. The fourth-order valence-electron chi connectivity index (χ4n) is 2.11. The van der Waals surface area contributed by atoms with Gasteiger partial charge in [0.2, 0.25) is 0 Å². The van der Waals surface area contributed by atoms with Crippen molar-refractivity contribution in [2.24, 2.45) is 4.99 Å². The average molecular weight is 448 g/mol. The van der Waals surface area contributed by atoms with Crippen molar-refractivity contribution in [2.75, 3.05) is 13.6 Å². The summed E-state index contributed by atoms with van der Waals surface area (Å²) in [6, 6.07) is 11.8. The molecular formula is C17H23ClIN3O. The SMILES string of the molecule is CN=C(NCc1ccco1)NCC(C)(C)c1ccc(Cl)cc1.I. The van der Waals surface area contributed by atoms with Crippen LogP contribution >= 0.6 is 35.6 Å². The molecule has 0 aliphatic rings. The van der Waals surface area contributed by atoms with E-state index in [4.69, 9.17) is 16.0 Å². The second kappa shape index (κ2) is 9.17. The fourth-order valence-corrected chi connectivity index (χ4v) is 2.24. The second-order valence-corrected chi connectivity index (χ2v) is 6.19. The van der Waals surface area contributed by atoms with Gasteiger partial charge in [-0.2, -0.15) is 0 Å². The molecule has 6 heteroatoms. The zero-order chi connectivity index (χ0) is 16.0. The molecule has 2 aromatic rings. The van der Waals surface area contributed by atoms with Gasteiger partial charge in [-0.15, -0.1) is 24.0 Å². The third-order valence-corrected chi connectivity index (χ3v) is 3.81. The second-order valence-electron chi connectivity index (χ2n) is 5.75. The van der Waals surface area contributed by atoms with E-state index in [9.17, 15) is 0 Å². The molecule has 1 aromatic carbocycles. The maximum atomic E-state index is 5.95. The molecule has 1 heterocycles. The first-order valence-electron chi connectivity index (χ1n) is 7.24.